The number of Topliss-reactive ketones (excluding diaryl/α,β-unsaturated/α-hetero) is 1. The number of benzene rings is 2. The minimum absolute atomic E-state index is 0.0562. The van der Waals surface area contributed by atoms with Gasteiger partial charge in [0.05, 0.1) is 44.1 Å². The lowest BCUT2D eigenvalue weighted by Gasteiger charge is -2.16. The van der Waals surface area contributed by atoms with E-state index >= 15 is 0 Å². The largest absolute Gasteiger partial charge is 0.493 e. The Morgan fingerprint density at radius 3 is 1.91 bits per heavy atom. The van der Waals surface area contributed by atoms with Gasteiger partial charge < -0.3 is 34.1 Å². The summed E-state index contributed by atoms with van der Waals surface area (Å²) in [7, 11) is 3.08. The first-order valence-corrected chi connectivity index (χ1v) is 14.7. The van der Waals surface area contributed by atoms with Crippen LogP contribution in [-0.2, 0) is 27.5 Å². The minimum Gasteiger partial charge on any atom is -0.493 e. The van der Waals surface area contributed by atoms with Gasteiger partial charge in [0.25, 0.3) is 0 Å². The molecule has 4 rings (SSSR count). The highest BCUT2D eigenvalue weighted by Crippen LogP contribution is 2.38. The van der Waals surface area contributed by atoms with Crippen molar-refractivity contribution in [2.45, 2.75) is 46.2 Å². The Kier molecular flexibility index (Phi) is 10.1. The average molecular weight is 614 g/mol. The van der Waals surface area contributed by atoms with Gasteiger partial charge in [-0.1, -0.05) is 13.8 Å². The number of rotatable bonds is 15. The molecule has 2 N–H and O–H groups in total. The van der Waals surface area contributed by atoms with E-state index in [4.69, 9.17) is 29.2 Å². The number of carbonyl (C=O) groups is 4. The number of amides is 1. The predicted octanol–water partition coefficient (Wildman–Crippen LogP) is 5.01. The maximum atomic E-state index is 12.6. The van der Waals surface area contributed by atoms with Crippen LogP contribution in [0.15, 0.2) is 30.3 Å². The summed E-state index contributed by atoms with van der Waals surface area (Å²) in [5.41, 5.74) is 1.86. The van der Waals surface area contributed by atoms with Gasteiger partial charge in [-0.3, -0.25) is 19.2 Å². The molecular weight excluding hydrogens is 578 g/mol. The third-order valence-corrected chi connectivity index (χ3v) is 8.40. The summed E-state index contributed by atoms with van der Waals surface area (Å²) in [6.07, 6.45) is 0.416. The summed E-state index contributed by atoms with van der Waals surface area (Å²) in [5.74, 6) is -1.83. The second-order valence-electron chi connectivity index (χ2n) is 10.5. The molecule has 0 saturated heterocycles. The van der Waals surface area contributed by atoms with Crippen molar-refractivity contribution in [2.75, 3.05) is 27.4 Å². The molecule has 1 aromatic heterocycles. The van der Waals surface area contributed by atoms with E-state index in [0.717, 1.165) is 21.2 Å². The number of methoxy groups -OCH3 is 2. The van der Waals surface area contributed by atoms with Crippen LogP contribution in [0.4, 0.5) is 0 Å². The number of hydrogen-bond donors (Lipinski definition) is 2. The van der Waals surface area contributed by atoms with E-state index < -0.39 is 23.8 Å². The van der Waals surface area contributed by atoms with Crippen molar-refractivity contribution in [3.05, 3.63) is 46.3 Å². The fourth-order valence-corrected chi connectivity index (χ4v) is 5.70. The fraction of sp³-hybridized carbons (Fsp3) is 0.419. The van der Waals surface area contributed by atoms with Crippen LogP contribution in [0.25, 0.3) is 10.1 Å². The zero-order chi connectivity index (χ0) is 31.3. The Morgan fingerprint density at radius 2 is 1.33 bits per heavy atom. The van der Waals surface area contributed by atoms with Crippen molar-refractivity contribution >= 4 is 45.1 Å². The van der Waals surface area contributed by atoms with Crippen LogP contribution in [0.2, 0.25) is 0 Å². The Bertz CT molecular complexity index is 1530. The van der Waals surface area contributed by atoms with Crippen LogP contribution in [0.5, 0.6) is 23.0 Å². The van der Waals surface area contributed by atoms with Gasteiger partial charge in [-0.15, -0.1) is 11.3 Å². The first-order valence-electron chi connectivity index (χ1n) is 13.8. The normalized spacial score (nSPS) is 13.7. The molecule has 0 aliphatic carbocycles. The summed E-state index contributed by atoms with van der Waals surface area (Å²) in [5, 5.41) is 19.0. The van der Waals surface area contributed by atoms with Crippen molar-refractivity contribution in [1.29, 1.82) is 0 Å². The number of hydrogen-bond acceptors (Lipinski definition) is 9. The molecule has 2 unspecified atom stereocenters. The highest BCUT2D eigenvalue weighted by atomic mass is 32.1. The number of ketones is 1. The molecule has 3 aromatic rings. The predicted molar refractivity (Wildman–Crippen MR) is 158 cm³/mol. The van der Waals surface area contributed by atoms with Gasteiger partial charge in [0, 0.05) is 43.1 Å². The molecule has 2 aromatic carbocycles. The van der Waals surface area contributed by atoms with Crippen molar-refractivity contribution in [1.82, 2.24) is 4.90 Å². The number of thiophene rings is 1. The van der Waals surface area contributed by atoms with E-state index in [1.54, 1.807) is 30.2 Å². The van der Waals surface area contributed by atoms with Gasteiger partial charge in [-0.2, -0.15) is 0 Å². The second-order valence-corrected chi connectivity index (χ2v) is 11.6. The van der Waals surface area contributed by atoms with Crippen molar-refractivity contribution in [2.24, 2.45) is 11.8 Å². The maximum absolute atomic E-state index is 12.6. The smallest absolute Gasteiger partial charge is 0.306 e. The quantitative estimate of drug-likeness (QED) is 0.177. The lowest BCUT2D eigenvalue weighted by molar-refractivity contribution is -0.145. The molecule has 0 saturated carbocycles. The Balaban J connectivity index is 1.34. The SMILES string of the molecule is COc1cc2c(cc1OCCCOc1cc3cc(C(=O)CC(C)C(=O)O)sc3cc1OC)CN(C(=O)CC(C)C(=O)O)C2. The number of ether oxygens (including phenoxy) is 4. The summed E-state index contributed by atoms with van der Waals surface area (Å²) in [6.45, 7) is 4.45. The van der Waals surface area contributed by atoms with Crippen LogP contribution in [0, 0.1) is 11.8 Å². The Hall–Kier alpha value is -4.32. The van der Waals surface area contributed by atoms with E-state index in [1.165, 1.54) is 32.3 Å². The van der Waals surface area contributed by atoms with Crippen molar-refractivity contribution < 1.29 is 48.3 Å². The summed E-state index contributed by atoms with van der Waals surface area (Å²) < 4.78 is 23.8. The topological polar surface area (TPSA) is 149 Å². The lowest BCUT2D eigenvalue weighted by Crippen LogP contribution is -2.28. The highest BCUT2D eigenvalue weighted by molar-refractivity contribution is 7.20. The van der Waals surface area contributed by atoms with Gasteiger partial charge in [-0.05, 0) is 40.8 Å². The minimum atomic E-state index is -1.01. The van der Waals surface area contributed by atoms with Gasteiger partial charge in [-0.25, -0.2) is 0 Å². The third kappa shape index (κ3) is 7.56. The van der Waals surface area contributed by atoms with E-state index in [0.29, 0.717) is 60.6 Å². The summed E-state index contributed by atoms with van der Waals surface area (Å²) in [6, 6.07) is 9.05. The second kappa shape index (κ2) is 13.8. The van der Waals surface area contributed by atoms with Crippen LogP contribution in [0.1, 0.15) is 53.9 Å². The van der Waals surface area contributed by atoms with Crippen LogP contribution in [0.3, 0.4) is 0 Å². The number of carboxylic acid groups (broad SMARTS) is 2. The molecule has 1 amide bonds. The van der Waals surface area contributed by atoms with Crippen molar-refractivity contribution in [3.63, 3.8) is 0 Å². The monoisotopic (exact) mass is 613 g/mol. The molecule has 1 aliphatic rings. The fourth-order valence-electron chi connectivity index (χ4n) is 4.68. The van der Waals surface area contributed by atoms with Crippen molar-refractivity contribution in [3.8, 4) is 23.0 Å². The molecule has 12 heteroatoms. The molecule has 230 valence electrons. The molecule has 2 atom stereocenters. The number of fused-ring (bicyclic) bond motifs is 2. The third-order valence-electron chi connectivity index (χ3n) is 7.26. The molecule has 0 radical (unpaired) electrons. The highest BCUT2D eigenvalue weighted by Gasteiger charge is 2.28. The zero-order valence-corrected chi connectivity index (χ0v) is 25.3. The molecular formula is C31H35NO10S. The maximum Gasteiger partial charge on any atom is 0.306 e. The summed E-state index contributed by atoms with van der Waals surface area (Å²) in [4.78, 5) is 49.5. The van der Waals surface area contributed by atoms with Gasteiger partial charge in [0.2, 0.25) is 5.91 Å². The molecule has 11 nitrogen and oxygen atoms in total. The molecule has 2 heterocycles. The van der Waals surface area contributed by atoms with E-state index in [1.807, 2.05) is 12.1 Å². The van der Waals surface area contributed by atoms with Crippen LogP contribution >= 0.6 is 11.3 Å². The van der Waals surface area contributed by atoms with Gasteiger partial charge in [0.1, 0.15) is 0 Å². The first-order chi connectivity index (χ1) is 20.5. The standard InChI is InChI=1S/C31H35NO10S/c1-17(30(35)36)8-22(33)28-13-19-10-25(24(40-4)14-27(19)43-28)41-6-5-7-42-26-12-21-16-32(15-20(21)11-23(26)39-3)29(34)9-18(2)31(37)38/h10-14,17-18H,5-9,15-16H2,1-4H3,(H,35,36)(H,37,38). The summed E-state index contributed by atoms with van der Waals surface area (Å²) >= 11 is 1.29. The Labute approximate surface area is 252 Å². The number of nitrogens with zero attached hydrogens (tertiary/aromatic N) is 1. The first kappa shape index (κ1) is 31.6. The molecule has 0 bridgehead atoms. The number of aliphatic carboxylic acids is 2. The average Bonchev–Trinajstić information content (AvgIpc) is 3.59. The van der Waals surface area contributed by atoms with Gasteiger partial charge in [0.15, 0.2) is 28.8 Å². The number of carboxylic acids is 2. The van der Waals surface area contributed by atoms with E-state index in [2.05, 4.69) is 0 Å². The van der Waals surface area contributed by atoms with E-state index in [-0.39, 0.29) is 24.5 Å². The van der Waals surface area contributed by atoms with Crippen LogP contribution in [-0.4, -0.2) is 66.2 Å². The molecule has 43 heavy (non-hydrogen) atoms. The molecule has 1 aliphatic heterocycles. The van der Waals surface area contributed by atoms with Crippen LogP contribution < -0.4 is 18.9 Å². The Morgan fingerprint density at radius 1 is 0.791 bits per heavy atom. The number of carbonyl (C=O) groups excluding carboxylic acids is 2. The van der Waals surface area contributed by atoms with Gasteiger partial charge >= 0.3 is 11.9 Å². The zero-order valence-electron chi connectivity index (χ0n) is 24.5. The van der Waals surface area contributed by atoms with E-state index in [9.17, 15) is 19.2 Å². The lowest BCUT2D eigenvalue weighted by atomic mass is 10.0. The molecule has 0 spiro atoms. The molecule has 0 fully saturated rings.